The van der Waals surface area contributed by atoms with Gasteiger partial charge in [0.05, 0.1) is 0 Å². The standard InChI is InChI=1S/C14H25N5O2/c1-10(2)19(9-11-5-7-15-8-6-11)12-13(20)17(3)14(21)18(4)16-12/h10-11,15H,5-9H2,1-4H3. The summed E-state index contributed by atoms with van der Waals surface area (Å²) in [7, 11) is 3.08. The number of hydrogen-bond donors (Lipinski definition) is 1. The monoisotopic (exact) mass is 295 g/mol. The molecule has 0 aromatic carbocycles. The molecule has 1 aromatic heterocycles. The van der Waals surface area contributed by atoms with E-state index in [1.807, 2.05) is 18.7 Å². The Hall–Kier alpha value is -1.63. The van der Waals surface area contributed by atoms with Gasteiger partial charge in [-0.3, -0.25) is 9.36 Å². The van der Waals surface area contributed by atoms with Gasteiger partial charge in [0.2, 0.25) is 5.82 Å². The molecule has 2 rings (SSSR count). The molecule has 7 nitrogen and oxygen atoms in total. The highest BCUT2D eigenvalue weighted by Gasteiger charge is 2.23. The van der Waals surface area contributed by atoms with Gasteiger partial charge in [-0.1, -0.05) is 0 Å². The van der Waals surface area contributed by atoms with Crippen LogP contribution in [0.2, 0.25) is 0 Å². The Kier molecular flexibility index (Phi) is 4.82. The van der Waals surface area contributed by atoms with Gasteiger partial charge in [0, 0.05) is 26.7 Å². The van der Waals surface area contributed by atoms with Crippen LogP contribution in [0.15, 0.2) is 9.59 Å². The highest BCUT2D eigenvalue weighted by molar-refractivity contribution is 5.36. The molecule has 1 aliphatic heterocycles. The van der Waals surface area contributed by atoms with E-state index in [4.69, 9.17) is 0 Å². The molecule has 1 aromatic rings. The Morgan fingerprint density at radius 3 is 2.48 bits per heavy atom. The number of nitrogens with zero attached hydrogens (tertiary/aromatic N) is 4. The zero-order valence-corrected chi connectivity index (χ0v) is 13.3. The predicted molar refractivity (Wildman–Crippen MR) is 82.8 cm³/mol. The molecule has 0 unspecified atom stereocenters. The number of rotatable bonds is 4. The van der Waals surface area contributed by atoms with Crippen LogP contribution in [0.3, 0.4) is 0 Å². The van der Waals surface area contributed by atoms with E-state index in [1.54, 1.807) is 7.05 Å². The molecule has 0 bridgehead atoms. The molecule has 1 saturated heterocycles. The molecule has 21 heavy (non-hydrogen) atoms. The number of piperidine rings is 1. The Bertz CT molecular complexity index is 598. The molecule has 118 valence electrons. The molecule has 0 atom stereocenters. The maximum absolute atomic E-state index is 12.4. The number of anilines is 1. The Labute approximate surface area is 124 Å². The molecule has 0 radical (unpaired) electrons. The fourth-order valence-corrected chi connectivity index (χ4v) is 2.75. The van der Waals surface area contributed by atoms with Crippen LogP contribution in [-0.2, 0) is 14.1 Å². The van der Waals surface area contributed by atoms with Gasteiger partial charge in [0.1, 0.15) is 0 Å². The molecule has 1 fully saturated rings. The quantitative estimate of drug-likeness (QED) is 0.825. The van der Waals surface area contributed by atoms with Crippen LogP contribution in [0.25, 0.3) is 0 Å². The first-order valence-electron chi connectivity index (χ1n) is 7.53. The third-order valence-corrected chi connectivity index (χ3v) is 4.11. The molecular formula is C14H25N5O2. The van der Waals surface area contributed by atoms with Crippen molar-refractivity contribution in [3.63, 3.8) is 0 Å². The second-order valence-corrected chi connectivity index (χ2v) is 6.03. The Balaban J connectivity index is 2.34. The van der Waals surface area contributed by atoms with E-state index in [-0.39, 0.29) is 11.6 Å². The first-order chi connectivity index (χ1) is 9.91. The van der Waals surface area contributed by atoms with Gasteiger partial charge >= 0.3 is 5.69 Å². The lowest BCUT2D eigenvalue weighted by Crippen LogP contribution is -2.47. The molecule has 2 heterocycles. The zero-order chi connectivity index (χ0) is 15.6. The minimum atomic E-state index is -0.394. The lowest BCUT2D eigenvalue weighted by molar-refractivity contribution is 0.365. The van der Waals surface area contributed by atoms with Crippen molar-refractivity contribution in [2.45, 2.75) is 32.7 Å². The van der Waals surface area contributed by atoms with E-state index in [1.165, 1.54) is 11.7 Å². The summed E-state index contributed by atoms with van der Waals surface area (Å²) in [6.45, 7) is 6.95. The molecule has 0 aliphatic carbocycles. The van der Waals surface area contributed by atoms with Gasteiger partial charge in [0.25, 0.3) is 5.56 Å². The SMILES string of the molecule is CC(C)N(CC1CCNCC1)c1nn(C)c(=O)n(C)c1=O. The van der Waals surface area contributed by atoms with E-state index >= 15 is 0 Å². The van der Waals surface area contributed by atoms with Gasteiger partial charge in [0.15, 0.2) is 0 Å². The van der Waals surface area contributed by atoms with Crippen molar-refractivity contribution >= 4 is 5.82 Å². The summed E-state index contributed by atoms with van der Waals surface area (Å²) < 4.78 is 2.36. The minimum Gasteiger partial charge on any atom is -0.348 e. The first kappa shape index (κ1) is 15.8. The van der Waals surface area contributed by atoms with Gasteiger partial charge in [-0.15, -0.1) is 5.10 Å². The maximum Gasteiger partial charge on any atom is 0.346 e. The number of aromatic nitrogens is 3. The molecule has 0 spiro atoms. The number of aryl methyl sites for hydroxylation is 1. The van der Waals surface area contributed by atoms with E-state index < -0.39 is 5.69 Å². The van der Waals surface area contributed by atoms with Crippen molar-refractivity contribution < 1.29 is 0 Å². The Morgan fingerprint density at radius 1 is 1.29 bits per heavy atom. The summed E-state index contributed by atoms with van der Waals surface area (Å²) in [6.07, 6.45) is 2.21. The largest absolute Gasteiger partial charge is 0.348 e. The van der Waals surface area contributed by atoms with E-state index in [9.17, 15) is 9.59 Å². The fourth-order valence-electron chi connectivity index (χ4n) is 2.75. The molecule has 1 N–H and O–H groups in total. The minimum absolute atomic E-state index is 0.164. The highest BCUT2D eigenvalue weighted by atomic mass is 16.2. The second kappa shape index (κ2) is 6.43. The second-order valence-electron chi connectivity index (χ2n) is 6.03. The summed E-state index contributed by atoms with van der Waals surface area (Å²) in [5, 5.41) is 7.55. The van der Waals surface area contributed by atoms with Crippen molar-refractivity contribution in [3.8, 4) is 0 Å². The predicted octanol–water partition coefficient (Wildman–Crippen LogP) is -0.307. The van der Waals surface area contributed by atoms with Crippen LogP contribution in [0, 0.1) is 5.92 Å². The van der Waals surface area contributed by atoms with Crippen LogP contribution in [0.1, 0.15) is 26.7 Å². The van der Waals surface area contributed by atoms with Crippen molar-refractivity contribution in [2.75, 3.05) is 24.5 Å². The maximum atomic E-state index is 12.4. The van der Waals surface area contributed by atoms with E-state index in [2.05, 4.69) is 10.4 Å². The van der Waals surface area contributed by atoms with Crippen molar-refractivity contribution in [3.05, 3.63) is 20.8 Å². The van der Waals surface area contributed by atoms with Crippen LogP contribution in [0.5, 0.6) is 0 Å². The molecule has 0 amide bonds. The topological polar surface area (TPSA) is 72.2 Å². The number of hydrogen-bond acceptors (Lipinski definition) is 5. The molecular weight excluding hydrogens is 270 g/mol. The summed E-state index contributed by atoms with van der Waals surface area (Å²) >= 11 is 0. The van der Waals surface area contributed by atoms with E-state index in [0.29, 0.717) is 11.7 Å². The van der Waals surface area contributed by atoms with Gasteiger partial charge in [-0.05, 0) is 45.7 Å². The lowest BCUT2D eigenvalue weighted by atomic mass is 9.97. The normalized spacial score (nSPS) is 16.4. The van der Waals surface area contributed by atoms with Crippen molar-refractivity contribution in [2.24, 2.45) is 20.0 Å². The van der Waals surface area contributed by atoms with Gasteiger partial charge < -0.3 is 10.2 Å². The van der Waals surface area contributed by atoms with Crippen molar-refractivity contribution in [1.29, 1.82) is 0 Å². The highest BCUT2D eigenvalue weighted by Crippen LogP contribution is 2.17. The van der Waals surface area contributed by atoms with Crippen molar-refractivity contribution in [1.82, 2.24) is 19.7 Å². The van der Waals surface area contributed by atoms with Crippen LogP contribution in [0.4, 0.5) is 5.82 Å². The number of nitrogens with one attached hydrogen (secondary N) is 1. The average molecular weight is 295 g/mol. The summed E-state index contributed by atoms with van der Waals surface area (Å²) in [5.74, 6) is 0.922. The third-order valence-electron chi connectivity index (χ3n) is 4.11. The molecule has 7 heteroatoms. The van der Waals surface area contributed by atoms with Crippen LogP contribution >= 0.6 is 0 Å². The van der Waals surface area contributed by atoms with Gasteiger partial charge in [-0.25, -0.2) is 9.48 Å². The lowest BCUT2D eigenvalue weighted by Gasteiger charge is -2.33. The van der Waals surface area contributed by atoms with Crippen LogP contribution < -0.4 is 21.5 Å². The summed E-state index contributed by atoms with van der Waals surface area (Å²) in [4.78, 5) is 26.1. The molecule has 0 saturated carbocycles. The smallest absolute Gasteiger partial charge is 0.346 e. The van der Waals surface area contributed by atoms with E-state index in [0.717, 1.165) is 37.0 Å². The summed E-state index contributed by atoms with van der Waals surface area (Å²) in [6, 6.07) is 0.164. The Morgan fingerprint density at radius 2 is 1.90 bits per heavy atom. The third kappa shape index (κ3) is 3.34. The van der Waals surface area contributed by atoms with Gasteiger partial charge in [-0.2, -0.15) is 0 Å². The van der Waals surface area contributed by atoms with Crippen LogP contribution in [-0.4, -0.2) is 40.0 Å². The summed E-state index contributed by atoms with van der Waals surface area (Å²) in [5.41, 5.74) is -0.713. The first-order valence-corrected chi connectivity index (χ1v) is 7.53. The average Bonchev–Trinajstić information content (AvgIpc) is 2.47. The molecule has 1 aliphatic rings. The zero-order valence-electron chi connectivity index (χ0n) is 13.3. The fraction of sp³-hybridized carbons (Fsp3) is 0.786.